The first-order chi connectivity index (χ1) is 13.7. The van der Waals surface area contributed by atoms with Crippen molar-refractivity contribution in [2.24, 2.45) is 0 Å². The number of hydrogen-bond acceptors (Lipinski definition) is 6. The minimum Gasteiger partial charge on any atom is -0.497 e. The van der Waals surface area contributed by atoms with E-state index in [1.54, 1.807) is 13.3 Å². The maximum Gasteiger partial charge on any atom is 0.225 e. The molecule has 0 radical (unpaired) electrons. The van der Waals surface area contributed by atoms with Gasteiger partial charge in [0.05, 0.1) is 12.6 Å². The van der Waals surface area contributed by atoms with Gasteiger partial charge in [0.2, 0.25) is 5.95 Å². The Hall–Kier alpha value is -3.67. The number of pyridine rings is 1. The number of nitrogens with zero attached hydrogens (tertiary/aromatic N) is 4. The Morgan fingerprint density at radius 1 is 0.964 bits per heavy atom. The maximum absolute atomic E-state index is 5.26. The largest absolute Gasteiger partial charge is 0.497 e. The zero-order chi connectivity index (χ0) is 19.3. The topological polar surface area (TPSA) is 63.2 Å². The number of methoxy groups -OCH3 is 1. The van der Waals surface area contributed by atoms with Gasteiger partial charge >= 0.3 is 0 Å². The first-order valence-corrected chi connectivity index (χ1v) is 9.02. The molecule has 0 aliphatic heterocycles. The highest BCUT2D eigenvalue weighted by Crippen LogP contribution is 2.30. The van der Waals surface area contributed by atoms with Crippen molar-refractivity contribution >= 4 is 28.4 Å². The van der Waals surface area contributed by atoms with Crippen LogP contribution in [0.3, 0.4) is 0 Å². The third kappa shape index (κ3) is 3.71. The van der Waals surface area contributed by atoms with E-state index >= 15 is 0 Å². The van der Waals surface area contributed by atoms with Gasteiger partial charge in [-0.05, 0) is 48.0 Å². The zero-order valence-corrected chi connectivity index (χ0v) is 15.8. The monoisotopic (exact) mass is 371 g/mol. The fourth-order valence-corrected chi connectivity index (χ4v) is 3.01. The van der Waals surface area contributed by atoms with Gasteiger partial charge in [-0.3, -0.25) is 4.98 Å². The van der Waals surface area contributed by atoms with Crippen LogP contribution in [0.4, 0.5) is 17.5 Å². The highest BCUT2D eigenvalue weighted by Gasteiger charge is 2.13. The molecular weight excluding hydrogens is 350 g/mol. The molecule has 2 aromatic heterocycles. The summed E-state index contributed by atoms with van der Waals surface area (Å²) in [6.45, 7) is 0.609. The molecule has 0 bridgehead atoms. The number of fused-ring (bicyclic) bond motifs is 1. The van der Waals surface area contributed by atoms with E-state index in [9.17, 15) is 0 Å². The van der Waals surface area contributed by atoms with E-state index in [0.29, 0.717) is 12.5 Å². The fourth-order valence-electron chi connectivity index (χ4n) is 3.01. The fraction of sp³-hybridized carbons (Fsp3) is 0.136. The minimum atomic E-state index is 0.581. The molecule has 2 heterocycles. The highest BCUT2D eigenvalue weighted by atomic mass is 16.5. The summed E-state index contributed by atoms with van der Waals surface area (Å²) >= 11 is 0. The van der Waals surface area contributed by atoms with Crippen LogP contribution in [0.1, 0.15) is 5.56 Å². The van der Waals surface area contributed by atoms with Gasteiger partial charge in [-0.1, -0.05) is 18.2 Å². The molecule has 0 saturated heterocycles. The van der Waals surface area contributed by atoms with Crippen molar-refractivity contribution in [3.8, 4) is 5.75 Å². The summed E-state index contributed by atoms with van der Waals surface area (Å²) in [4.78, 5) is 15.7. The van der Waals surface area contributed by atoms with E-state index in [-0.39, 0.29) is 0 Å². The SMILES string of the molecule is COc1ccc(N(C)c2nc(NCc3cccnc3)nc3ccccc23)cc1. The van der Waals surface area contributed by atoms with Gasteiger partial charge < -0.3 is 15.0 Å². The first kappa shape index (κ1) is 17.7. The molecule has 4 rings (SSSR count). The Kier molecular flexibility index (Phi) is 5.01. The number of benzene rings is 2. The van der Waals surface area contributed by atoms with E-state index in [0.717, 1.165) is 33.7 Å². The van der Waals surface area contributed by atoms with Crippen molar-refractivity contribution in [2.75, 3.05) is 24.4 Å². The van der Waals surface area contributed by atoms with Crippen molar-refractivity contribution < 1.29 is 4.74 Å². The Labute approximate surface area is 163 Å². The molecule has 0 atom stereocenters. The maximum atomic E-state index is 5.26. The molecule has 0 aliphatic carbocycles. The standard InChI is InChI=1S/C22H21N5O/c1-27(17-9-11-18(28-2)12-10-17)21-19-7-3-4-8-20(19)25-22(26-21)24-15-16-6-5-13-23-14-16/h3-14H,15H2,1-2H3,(H,24,25,26). The Balaban J connectivity index is 1.69. The predicted molar refractivity (Wildman–Crippen MR) is 112 cm³/mol. The van der Waals surface area contributed by atoms with Gasteiger partial charge in [0.25, 0.3) is 0 Å². The summed E-state index contributed by atoms with van der Waals surface area (Å²) in [6, 6.07) is 19.9. The van der Waals surface area contributed by atoms with Crippen LogP contribution < -0.4 is 15.0 Å². The number of aromatic nitrogens is 3. The zero-order valence-electron chi connectivity index (χ0n) is 15.8. The molecule has 0 saturated carbocycles. The third-order valence-corrected chi connectivity index (χ3v) is 4.53. The summed E-state index contributed by atoms with van der Waals surface area (Å²) in [6.07, 6.45) is 3.59. The van der Waals surface area contributed by atoms with Crippen molar-refractivity contribution in [3.63, 3.8) is 0 Å². The lowest BCUT2D eigenvalue weighted by Gasteiger charge is -2.21. The van der Waals surface area contributed by atoms with Crippen LogP contribution >= 0.6 is 0 Å². The number of para-hydroxylation sites is 1. The van der Waals surface area contributed by atoms with E-state index in [2.05, 4.69) is 20.2 Å². The summed E-state index contributed by atoms with van der Waals surface area (Å²) in [5.74, 6) is 2.24. The number of hydrogen-bond donors (Lipinski definition) is 1. The molecule has 28 heavy (non-hydrogen) atoms. The van der Waals surface area contributed by atoms with Crippen molar-refractivity contribution in [3.05, 3.63) is 78.6 Å². The smallest absolute Gasteiger partial charge is 0.225 e. The summed E-state index contributed by atoms with van der Waals surface area (Å²) < 4.78 is 5.26. The van der Waals surface area contributed by atoms with Crippen LogP contribution in [0.15, 0.2) is 73.1 Å². The molecule has 6 heteroatoms. The molecule has 1 N–H and O–H groups in total. The number of ether oxygens (including phenoxy) is 1. The molecule has 0 spiro atoms. The molecular formula is C22H21N5O. The molecule has 0 fully saturated rings. The Morgan fingerprint density at radius 3 is 2.54 bits per heavy atom. The molecule has 140 valence electrons. The molecule has 2 aromatic carbocycles. The van der Waals surface area contributed by atoms with Crippen molar-refractivity contribution in [1.29, 1.82) is 0 Å². The molecule has 0 unspecified atom stereocenters. The molecule has 0 aliphatic rings. The van der Waals surface area contributed by atoms with E-state index in [4.69, 9.17) is 9.72 Å². The average Bonchev–Trinajstić information content (AvgIpc) is 2.77. The van der Waals surface area contributed by atoms with Gasteiger partial charge in [0.1, 0.15) is 11.6 Å². The lowest BCUT2D eigenvalue weighted by molar-refractivity contribution is 0.415. The second-order valence-corrected chi connectivity index (χ2v) is 6.36. The van der Waals surface area contributed by atoms with Crippen molar-refractivity contribution in [2.45, 2.75) is 6.54 Å². The van der Waals surface area contributed by atoms with Crippen LogP contribution in [-0.2, 0) is 6.54 Å². The second-order valence-electron chi connectivity index (χ2n) is 6.36. The van der Waals surface area contributed by atoms with E-state index in [1.165, 1.54) is 0 Å². The summed E-state index contributed by atoms with van der Waals surface area (Å²) in [7, 11) is 3.67. The van der Waals surface area contributed by atoms with Crippen LogP contribution in [0.5, 0.6) is 5.75 Å². The van der Waals surface area contributed by atoms with Gasteiger partial charge in [0, 0.05) is 37.1 Å². The number of nitrogens with one attached hydrogen (secondary N) is 1. The van der Waals surface area contributed by atoms with E-state index in [1.807, 2.05) is 73.9 Å². The summed E-state index contributed by atoms with van der Waals surface area (Å²) in [5.41, 5.74) is 2.98. The average molecular weight is 371 g/mol. The van der Waals surface area contributed by atoms with Gasteiger partial charge in [0.15, 0.2) is 0 Å². The molecule has 0 amide bonds. The Morgan fingerprint density at radius 2 is 1.79 bits per heavy atom. The Bertz CT molecular complexity index is 1070. The molecule has 6 nitrogen and oxygen atoms in total. The van der Waals surface area contributed by atoms with Crippen LogP contribution in [0, 0.1) is 0 Å². The van der Waals surface area contributed by atoms with Crippen LogP contribution in [0.2, 0.25) is 0 Å². The highest BCUT2D eigenvalue weighted by molar-refractivity contribution is 5.92. The number of anilines is 3. The third-order valence-electron chi connectivity index (χ3n) is 4.53. The van der Waals surface area contributed by atoms with Gasteiger partial charge in [-0.15, -0.1) is 0 Å². The van der Waals surface area contributed by atoms with Crippen LogP contribution in [0.25, 0.3) is 10.9 Å². The molecule has 4 aromatic rings. The minimum absolute atomic E-state index is 0.581. The first-order valence-electron chi connectivity index (χ1n) is 9.02. The lowest BCUT2D eigenvalue weighted by Crippen LogP contribution is -2.14. The lowest BCUT2D eigenvalue weighted by atomic mass is 10.2. The predicted octanol–water partition coefficient (Wildman–Crippen LogP) is 4.41. The van der Waals surface area contributed by atoms with E-state index < -0.39 is 0 Å². The van der Waals surface area contributed by atoms with Gasteiger partial charge in [-0.2, -0.15) is 4.98 Å². The normalized spacial score (nSPS) is 10.6. The van der Waals surface area contributed by atoms with Crippen LogP contribution in [-0.4, -0.2) is 29.1 Å². The number of rotatable bonds is 6. The van der Waals surface area contributed by atoms with Gasteiger partial charge in [-0.25, -0.2) is 4.98 Å². The second kappa shape index (κ2) is 7.92. The summed E-state index contributed by atoms with van der Waals surface area (Å²) in [5, 5.41) is 4.30. The quantitative estimate of drug-likeness (QED) is 0.541. The van der Waals surface area contributed by atoms with Crippen molar-refractivity contribution in [1.82, 2.24) is 15.0 Å².